The van der Waals surface area contributed by atoms with Crippen LogP contribution < -0.4 is 4.74 Å². The van der Waals surface area contributed by atoms with Crippen LogP contribution in [0.4, 0.5) is 0 Å². The smallest absolute Gasteiger partial charge is 0.333 e. The molecule has 1 N–H and O–H groups in total. The van der Waals surface area contributed by atoms with Gasteiger partial charge in [-0.2, -0.15) is 0 Å². The van der Waals surface area contributed by atoms with E-state index in [1.807, 2.05) is 48.7 Å². The minimum absolute atomic E-state index is 0.319. The monoisotopic (exact) mass is 402 g/mol. The van der Waals surface area contributed by atoms with Gasteiger partial charge in [0.25, 0.3) is 0 Å². The van der Waals surface area contributed by atoms with Crippen molar-refractivity contribution in [3.8, 4) is 16.9 Å². The van der Waals surface area contributed by atoms with Crippen molar-refractivity contribution in [3.63, 3.8) is 0 Å². The van der Waals surface area contributed by atoms with Gasteiger partial charge in [0.1, 0.15) is 12.4 Å². The van der Waals surface area contributed by atoms with Crippen LogP contribution in [0, 0.1) is 0 Å². The number of carbonyl (C=O) groups is 1. The van der Waals surface area contributed by atoms with Crippen molar-refractivity contribution in [1.29, 1.82) is 0 Å². The lowest BCUT2D eigenvalue weighted by atomic mass is 10.1. The molecular formula is C24H22N2O4. The predicted molar refractivity (Wildman–Crippen MR) is 113 cm³/mol. The van der Waals surface area contributed by atoms with Crippen LogP contribution in [0.25, 0.3) is 16.7 Å². The molecule has 2 aromatic heterocycles. The minimum Gasteiger partial charge on any atom is -0.490 e. The number of fused-ring (bicyclic) bond motifs is 3. The first-order chi connectivity index (χ1) is 14.7. The quantitative estimate of drug-likeness (QED) is 0.480. The fraction of sp³-hybridized carbons (Fsp3) is 0.208. The van der Waals surface area contributed by atoms with E-state index in [0.29, 0.717) is 25.4 Å². The summed E-state index contributed by atoms with van der Waals surface area (Å²) in [6.45, 7) is 2.54. The lowest BCUT2D eigenvalue weighted by molar-refractivity contribution is -0.149. The van der Waals surface area contributed by atoms with Gasteiger partial charge < -0.3 is 14.6 Å². The number of benzene rings is 1. The molecule has 2 heterocycles. The third kappa shape index (κ3) is 4.09. The zero-order chi connectivity index (χ0) is 20.9. The topological polar surface area (TPSA) is 81.5 Å². The molecule has 0 aliphatic heterocycles. The number of nitrogens with zero attached hydrogens (tertiary/aromatic N) is 2. The second-order valence-electron chi connectivity index (χ2n) is 6.88. The molecule has 1 aliphatic rings. The summed E-state index contributed by atoms with van der Waals surface area (Å²) in [5.41, 5.74) is 6.14. The van der Waals surface area contributed by atoms with Crippen molar-refractivity contribution < 1.29 is 19.4 Å². The molecule has 6 heteroatoms. The number of aromatic nitrogens is 2. The maximum Gasteiger partial charge on any atom is 0.333 e. The summed E-state index contributed by atoms with van der Waals surface area (Å²) in [6, 6.07) is 13.4. The molecule has 30 heavy (non-hydrogen) atoms. The molecular weight excluding hydrogens is 380 g/mol. The summed E-state index contributed by atoms with van der Waals surface area (Å²) >= 11 is 0. The zero-order valence-electron chi connectivity index (χ0n) is 16.6. The first kappa shape index (κ1) is 19.8. The van der Waals surface area contributed by atoms with Gasteiger partial charge in [0.2, 0.25) is 0 Å². The highest BCUT2D eigenvalue weighted by Crippen LogP contribution is 2.42. The molecule has 0 saturated carbocycles. The summed E-state index contributed by atoms with van der Waals surface area (Å²) in [5.74, 6) is -0.242. The number of carboxylic acid groups (broad SMARTS) is 1. The van der Waals surface area contributed by atoms with Crippen molar-refractivity contribution in [2.24, 2.45) is 0 Å². The number of pyridine rings is 2. The minimum atomic E-state index is -0.955. The number of hydrogen-bond acceptors (Lipinski definition) is 5. The number of aliphatic carboxylic acids is 1. The highest BCUT2D eigenvalue weighted by atomic mass is 16.5. The van der Waals surface area contributed by atoms with Crippen LogP contribution in [-0.4, -0.2) is 40.4 Å². The Morgan fingerprint density at radius 1 is 1.10 bits per heavy atom. The first-order valence-electron chi connectivity index (χ1n) is 9.84. The maximum absolute atomic E-state index is 11.2. The van der Waals surface area contributed by atoms with Gasteiger partial charge in [0, 0.05) is 48.3 Å². The van der Waals surface area contributed by atoms with Gasteiger partial charge in [0.05, 0.1) is 5.69 Å². The van der Waals surface area contributed by atoms with Crippen LogP contribution >= 0.6 is 0 Å². The van der Waals surface area contributed by atoms with E-state index >= 15 is 0 Å². The van der Waals surface area contributed by atoms with E-state index in [9.17, 15) is 9.90 Å². The second kappa shape index (κ2) is 8.88. The SMILES string of the molecule is CCOC(Cc1ccc(OC/C=C2\c3cnccc3-c3cccnc32)cc1)C(=O)O. The number of ether oxygens (including phenoxy) is 2. The van der Waals surface area contributed by atoms with E-state index in [4.69, 9.17) is 9.47 Å². The molecule has 0 radical (unpaired) electrons. The van der Waals surface area contributed by atoms with Gasteiger partial charge in [-0.3, -0.25) is 9.97 Å². The third-order valence-electron chi connectivity index (χ3n) is 4.99. The molecule has 0 spiro atoms. The summed E-state index contributed by atoms with van der Waals surface area (Å²) in [5, 5.41) is 9.21. The van der Waals surface area contributed by atoms with Crippen molar-refractivity contribution in [1.82, 2.24) is 9.97 Å². The molecule has 4 rings (SSSR count). The first-order valence-corrected chi connectivity index (χ1v) is 9.84. The van der Waals surface area contributed by atoms with Gasteiger partial charge in [-0.05, 0) is 48.4 Å². The van der Waals surface area contributed by atoms with Gasteiger partial charge in [0.15, 0.2) is 6.10 Å². The Hall–Kier alpha value is -3.51. The van der Waals surface area contributed by atoms with Crippen LogP contribution in [0.2, 0.25) is 0 Å². The van der Waals surface area contributed by atoms with Gasteiger partial charge >= 0.3 is 5.97 Å². The zero-order valence-corrected chi connectivity index (χ0v) is 16.6. The van der Waals surface area contributed by atoms with E-state index in [-0.39, 0.29) is 0 Å². The molecule has 0 saturated heterocycles. The van der Waals surface area contributed by atoms with E-state index in [1.54, 1.807) is 19.3 Å². The molecule has 1 aromatic carbocycles. The maximum atomic E-state index is 11.2. The molecule has 1 unspecified atom stereocenters. The largest absolute Gasteiger partial charge is 0.490 e. The van der Waals surface area contributed by atoms with Gasteiger partial charge in [-0.1, -0.05) is 18.2 Å². The predicted octanol–water partition coefficient (Wildman–Crippen LogP) is 4.00. The highest BCUT2D eigenvalue weighted by molar-refractivity contribution is 5.99. The molecule has 3 aromatic rings. The van der Waals surface area contributed by atoms with Gasteiger partial charge in [-0.15, -0.1) is 0 Å². The molecule has 1 aliphatic carbocycles. The van der Waals surface area contributed by atoms with Crippen LogP contribution in [0.15, 0.2) is 67.1 Å². The second-order valence-corrected chi connectivity index (χ2v) is 6.88. The summed E-state index contributed by atoms with van der Waals surface area (Å²) < 4.78 is 11.1. The molecule has 0 bridgehead atoms. The van der Waals surface area contributed by atoms with Crippen LogP contribution in [-0.2, 0) is 16.0 Å². The summed E-state index contributed by atoms with van der Waals surface area (Å²) in [6.07, 6.45) is 6.93. The average molecular weight is 402 g/mol. The Labute approximate surface area is 174 Å². The molecule has 0 amide bonds. The van der Waals surface area contributed by atoms with Crippen molar-refractivity contribution >= 4 is 11.5 Å². The highest BCUT2D eigenvalue weighted by Gasteiger charge is 2.24. The fourth-order valence-corrected chi connectivity index (χ4v) is 3.59. The molecule has 0 fully saturated rings. The van der Waals surface area contributed by atoms with Crippen molar-refractivity contribution in [3.05, 3.63) is 84.0 Å². The normalized spacial score (nSPS) is 14.2. The lowest BCUT2D eigenvalue weighted by Gasteiger charge is -2.12. The van der Waals surface area contributed by atoms with E-state index in [1.165, 1.54) is 0 Å². The fourth-order valence-electron chi connectivity index (χ4n) is 3.59. The van der Waals surface area contributed by atoms with Crippen LogP contribution in [0.3, 0.4) is 0 Å². The van der Waals surface area contributed by atoms with E-state index in [2.05, 4.69) is 16.0 Å². The van der Waals surface area contributed by atoms with E-state index < -0.39 is 12.1 Å². The van der Waals surface area contributed by atoms with Crippen molar-refractivity contribution in [2.45, 2.75) is 19.4 Å². The number of hydrogen-bond donors (Lipinski definition) is 1. The summed E-state index contributed by atoms with van der Waals surface area (Å²) in [4.78, 5) is 20.0. The summed E-state index contributed by atoms with van der Waals surface area (Å²) in [7, 11) is 0. The Morgan fingerprint density at radius 3 is 2.70 bits per heavy atom. The standard InChI is InChI=1S/C24H22N2O4/c1-2-29-22(24(27)28)14-16-5-7-17(8-6-16)30-13-10-20-21-15-25-12-9-18(21)19-4-3-11-26-23(19)20/h3-12,15,22H,2,13-14H2,1H3,(H,27,28)/b20-10+. The van der Waals surface area contributed by atoms with Crippen molar-refractivity contribution in [2.75, 3.05) is 13.2 Å². The Bertz CT molecular complexity index is 1030. The number of carboxylic acids is 1. The molecule has 6 nitrogen and oxygen atoms in total. The van der Waals surface area contributed by atoms with Crippen LogP contribution in [0.1, 0.15) is 23.7 Å². The van der Waals surface area contributed by atoms with Gasteiger partial charge in [-0.25, -0.2) is 4.79 Å². The molecule has 152 valence electrons. The third-order valence-corrected chi connectivity index (χ3v) is 4.99. The Morgan fingerprint density at radius 2 is 1.93 bits per heavy atom. The van der Waals surface area contributed by atoms with Crippen LogP contribution in [0.5, 0.6) is 5.75 Å². The lowest BCUT2D eigenvalue weighted by Crippen LogP contribution is -2.26. The van der Waals surface area contributed by atoms with E-state index in [0.717, 1.165) is 33.5 Å². The Balaban J connectivity index is 1.44. The number of rotatable bonds is 8. The Kier molecular flexibility index (Phi) is 5.86. The molecule has 1 atom stereocenters. The average Bonchev–Trinajstić information content (AvgIpc) is 3.09.